The van der Waals surface area contributed by atoms with Crippen LogP contribution < -0.4 is 10.1 Å². The number of nitrogens with one attached hydrogen (secondary N) is 1. The Morgan fingerprint density at radius 3 is 2.71 bits per heavy atom. The van der Waals surface area contributed by atoms with Crippen LogP contribution in [0.15, 0.2) is 48.0 Å². The van der Waals surface area contributed by atoms with E-state index in [-0.39, 0.29) is 22.6 Å². The fraction of sp³-hybridized carbons (Fsp3) is 0.318. The van der Waals surface area contributed by atoms with Crippen molar-refractivity contribution in [3.8, 4) is 5.75 Å². The van der Waals surface area contributed by atoms with Crippen molar-refractivity contribution in [2.75, 3.05) is 5.32 Å². The minimum absolute atomic E-state index is 0.00315. The van der Waals surface area contributed by atoms with Crippen LogP contribution in [-0.4, -0.2) is 21.0 Å². The largest absolute Gasteiger partial charge is 0.481 e. The number of rotatable bonds is 7. The Balaban J connectivity index is 1.62. The number of halogens is 2. The third-order valence-electron chi connectivity index (χ3n) is 5.45. The van der Waals surface area contributed by atoms with Crippen molar-refractivity contribution in [2.24, 2.45) is 11.8 Å². The van der Waals surface area contributed by atoms with Crippen LogP contribution in [0.25, 0.3) is 0 Å². The van der Waals surface area contributed by atoms with Crippen molar-refractivity contribution < 1.29 is 19.0 Å². The highest BCUT2D eigenvalue weighted by Crippen LogP contribution is 2.40. The van der Waals surface area contributed by atoms with Gasteiger partial charge in [-0.1, -0.05) is 23.7 Å². The van der Waals surface area contributed by atoms with E-state index in [1.165, 1.54) is 23.5 Å². The standard InChI is InChI=1S/C22H21ClFN3O3S/c23-15-3-1-5-17(19(15)24)30-20(13-7-9-14(10-8-13)21(28)29)16-4-2-6-18(26-16)27-22-25-11-12-31-22/h1-6,11-14,20H,7-10H2,(H,28,29)(H,25,26,27). The van der Waals surface area contributed by atoms with Crippen LogP contribution in [0.5, 0.6) is 5.75 Å². The molecule has 162 valence electrons. The maximum Gasteiger partial charge on any atom is 0.306 e. The van der Waals surface area contributed by atoms with Crippen molar-refractivity contribution in [1.29, 1.82) is 0 Å². The molecule has 1 aliphatic carbocycles. The Hall–Kier alpha value is -2.71. The molecule has 0 bridgehead atoms. The van der Waals surface area contributed by atoms with Gasteiger partial charge in [-0.3, -0.25) is 4.79 Å². The molecule has 4 rings (SSSR count). The van der Waals surface area contributed by atoms with Gasteiger partial charge in [0.15, 0.2) is 16.7 Å². The average molecular weight is 462 g/mol. The molecule has 1 unspecified atom stereocenters. The lowest BCUT2D eigenvalue weighted by molar-refractivity contribution is -0.143. The SMILES string of the molecule is O=C(O)C1CCC(C(Oc2cccc(Cl)c2F)c2cccc(Nc3nccs3)n2)CC1. The van der Waals surface area contributed by atoms with Gasteiger partial charge in [0.05, 0.1) is 16.6 Å². The summed E-state index contributed by atoms with van der Waals surface area (Å²) in [5.41, 5.74) is 0.639. The summed E-state index contributed by atoms with van der Waals surface area (Å²) in [4.78, 5) is 20.2. The molecule has 2 aromatic heterocycles. The highest BCUT2D eigenvalue weighted by Gasteiger charge is 2.34. The summed E-state index contributed by atoms with van der Waals surface area (Å²) >= 11 is 7.39. The third kappa shape index (κ3) is 5.14. The van der Waals surface area contributed by atoms with Gasteiger partial charge in [0.25, 0.3) is 0 Å². The summed E-state index contributed by atoms with van der Waals surface area (Å²) in [6.07, 6.45) is 3.56. The summed E-state index contributed by atoms with van der Waals surface area (Å²) in [5.74, 6) is -1.10. The number of carboxylic acids is 1. The Morgan fingerprint density at radius 1 is 1.23 bits per heavy atom. The topological polar surface area (TPSA) is 84.3 Å². The van der Waals surface area contributed by atoms with E-state index in [1.807, 2.05) is 23.6 Å². The second-order valence-corrected chi connectivity index (χ2v) is 8.75. The van der Waals surface area contributed by atoms with Gasteiger partial charge in [0.2, 0.25) is 0 Å². The number of carbonyl (C=O) groups is 1. The summed E-state index contributed by atoms with van der Waals surface area (Å²) in [6, 6.07) is 10.1. The van der Waals surface area contributed by atoms with Crippen LogP contribution in [0.1, 0.15) is 37.5 Å². The Morgan fingerprint density at radius 2 is 2.00 bits per heavy atom. The molecule has 1 fully saturated rings. The molecule has 0 amide bonds. The fourth-order valence-electron chi connectivity index (χ4n) is 3.85. The average Bonchev–Trinajstić information content (AvgIpc) is 3.28. The number of aromatic nitrogens is 2. The van der Waals surface area contributed by atoms with Gasteiger partial charge in [-0.25, -0.2) is 14.4 Å². The minimum Gasteiger partial charge on any atom is -0.481 e. The van der Waals surface area contributed by atoms with Gasteiger partial charge in [-0.05, 0) is 49.9 Å². The number of anilines is 2. The molecule has 1 atom stereocenters. The quantitative estimate of drug-likeness (QED) is 0.443. The van der Waals surface area contributed by atoms with Crippen molar-refractivity contribution in [3.63, 3.8) is 0 Å². The first-order valence-electron chi connectivity index (χ1n) is 9.98. The predicted octanol–water partition coefficient (Wildman–Crippen LogP) is 6.09. The number of aliphatic carboxylic acids is 1. The summed E-state index contributed by atoms with van der Waals surface area (Å²) in [7, 11) is 0. The monoisotopic (exact) mass is 461 g/mol. The van der Waals surface area contributed by atoms with E-state index in [0.717, 1.165) is 0 Å². The van der Waals surface area contributed by atoms with E-state index >= 15 is 0 Å². The van der Waals surface area contributed by atoms with E-state index < -0.39 is 17.9 Å². The zero-order chi connectivity index (χ0) is 21.8. The molecule has 3 aromatic rings. The van der Waals surface area contributed by atoms with Crippen LogP contribution in [0.3, 0.4) is 0 Å². The number of hydrogen-bond acceptors (Lipinski definition) is 6. The maximum absolute atomic E-state index is 14.6. The molecule has 9 heteroatoms. The van der Waals surface area contributed by atoms with E-state index in [1.54, 1.807) is 12.3 Å². The first-order valence-corrected chi connectivity index (χ1v) is 11.2. The molecule has 1 saturated carbocycles. The van der Waals surface area contributed by atoms with Gasteiger partial charge in [-0.2, -0.15) is 0 Å². The van der Waals surface area contributed by atoms with Gasteiger partial charge >= 0.3 is 5.97 Å². The molecule has 31 heavy (non-hydrogen) atoms. The van der Waals surface area contributed by atoms with E-state index in [9.17, 15) is 14.3 Å². The normalized spacial score (nSPS) is 19.5. The number of ether oxygens (including phenoxy) is 1. The van der Waals surface area contributed by atoms with Crippen LogP contribution >= 0.6 is 22.9 Å². The zero-order valence-electron chi connectivity index (χ0n) is 16.5. The first kappa shape index (κ1) is 21.5. The molecule has 0 radical (unpaired) electrons. The van der Waals surface area contributed by atoms with Crippen molar-refractivity contribution in [3.05, 3.63) is 64.5 Å². The molecule has 6 nitrogen and oxygen atoms in total. The highest BCUT2D eigenvalue weighted by molar-refractivity contribution is 7.13. The first-order chi connectivity index (χ1) is 15.0. The van der Waals surface area contributed by atoms with Crippen molar-refractivity contribution in [2.45, 2.75) is 31.8 Å². The number of carboxylic acid groups (broad SMARTS) is 1. The van der Waals surface area contributed by atoms with Crippen LogP contribution in [0.2, 0.25) is 5.02 Å². The summed E-state index contributed by atoms with van der Waals surface area (Å²) in [6.45, 7) is 0. The second-order valence-electron chi connectivity index (χ2n) is 7.45. The molecule has 1 aliphatic rings. The molecule has 2 N–H and O–H groups in total. The third-order valence-corrected chi connectivity index (χ3v) is 6.43. The molecule has 2 heterocycles. The molecule has 0 spiro atoms. The highest BCUT2D eigenvalue weighted by atomic mass is 35.5. The lowest BCUT2D eigenvalue weighted by Crippen LogP contribution is -2.28. The second kappa shape index (κ2) is 9.62. The van der Waals surface area contributed by atoms with E-state index in [0.29, 0.717) is 42.3 Å². The van der Waals surface area contributed by atoms with E-state index in [4.69, 9.17) is 16.3 Å². The number of benzene rings is 1. The Kier molecular flexibility index (Phi) is 6.67. The molecule has 0 aliphatic heterocycles. The smallest absolute Gasteiger partial charge is 0.306 e. The van der Waals surface area contributed by atoms with Gasteiger partial charge < -0.3 is 15.2 Å². The Bertz CT molecular complexity index is 1040. The lowest BCUT2D eigenvalue weighted by Gasteiger charge is -2.32. The number of pyridine rings is 1. The van der Waals surface area contributed by atoms with Crippen molar-refractivity contribution >= 4 is 39.9 Å². The zero-order valence-corrected chi connectivity index (χ0v) is 18.1. The predicted molar refractivity (Wildman–Crippen MR) is 117 cm³/mol. The lowest BCUT2D eigenvalue weighted by atomic mass is 9.78. The fourth-order valence-corrected chi connectivity index (χ4v) is 4.55. The summed E-state index contributed by atoms with van der Waals surface area (Å²) in [5, 5.41) is 15.0. The van der Waals surface area contributed by atoms with Crippen LogP contribution in [0.4, 0.5) is 15.3 Å². The van der Waals surface area contributed by atoms with Gasteiger partial charge in [0, 0.05) is 17.5 Å². The molecular formula is C22H21ClFN3O3S. The molecule has 1 aromatic carbocycles. The minimum atomic E-state index is -0.774. The molecule has 0 saturated heterocycles. The van der Waals surface area contributed by atoms with Gasteiger partial charge in [-0.15, -0.1) is 11.3 Å². The number of nitrogens with zero attached hydrogens (tertiary/aromatic N) is 2. The van der Waals surface area contributed by atoms with E-state index in [2.05, 4.69) is 15.3 Å². The van der Waals surface area contributed by atoms with Gasteiger partial charge in [0.1, 0.15) is 11.9 Å². The maximum atomic E-state index is 14.6. The summed E-state index contributed by atoms with van der Waals surface area (Å²) < 4.78 is 20.7. The number of thiazole rings is 1. The van der Waals surface area contributed by atoms with Crippen LogP contribution in [-0.2, 0) is 4.79 Å². The van der Waals surface area contributed by atoms with Crippen molar-refractivity contribution in [1.82, 2.24) is 9.97 Å². The Labute approximate surface area is 188 Å². The van der Waals surface area contributed by atoms with Crippen LogP contribution in [0, 0.1) is 17.7 Å². The number of hydrogen-bond donors (Lipinski definition) is 2. The molecular weight excluding hydrogens is 441 g/mol.